The van der Waals surface area contributed by atoms with Crippen LogP contribution in [0.5, 0.6) is 0 Å². The first-order chi connectivity index (χ1) is 9.88. The van der Waals surface area contributed by atoms with Gasteiger partial charge in [0.15, 0.2) is 10.8 Å². The molecule has 0 saturated carbocycles. The van der Waals surface area contributed by atoms with Gasteiger partial charge in [0, 0.05) is 13.2 Å². The molecule has 6 nitrogen and oxygen atoms in total. The molecule has 1 aromatic carbocycles. The summed E-state index contributed by atoms with van der Waals surface area (Å²) >= 11 is 10.9. The number of aromatic nitrogens is 2. The molecule has 2 aromatic rings. The van der Waals surface area contributed by atoms with Crippen molar-refractivity contribution in [3.63, 3.8) is 0 Å². The Bertz CT molecular complexity index is 682. The third-order valence-electron chi connectivity index (χ3n) is 2.73. The molecule has 0 aliphatic rings. The quantitative estimate of drug-likeness (QED) is 0.651. The minimum atomic E-state index is -0.492. The molecule has 1 aromatic heterocycles. The van der Waals surface area contributed by atoms with Gasteiger partial charge in [0.2, 0.25) is 0 Å². The standard InChI is InChI=1S/C13H14ClN5OS/c1-8-3-5-9(6-4-8)19(13(15)21)17-12(20)11-10(14)7-18(2)16-11/h3-7H,1-2H3,(H2,15,21)(H,17,20). The van der Waals surface area contributed by atoms with Crippen LogP contribution in [0.1, 0.15) is 16.1 Å². The fourth-order valence-electron chi connectivity index (χ4n) is 1.71. The summed E-state index contributed by atoms with van der Waals surface area (Å²) in [6, 6.07) is 7.38. The lowest BCUT2D eigenvalue weighted by Crippen LogP contribution is -2.49. The predicted molar refractivity (Wildman–Crippen MR) is 86.1 cm³/mol. The summed E-state index contributed by atoms with van der Waals surface area (Å²) in [5.41, 5.74) is 10.1. The summed E-state index contributed by atoms with van der Waals surface area (Å²) in [5.74, 6) is -0.492. The maximum Gasteiger partial charge on any atom is 0.292 e. The van der Waals surface area contributed by atoms with Crippen LogP contribution in [0.2, 0.25) is 5.02 Å². The van der Waals surface area contributed by atoms with Crippen molar-refractivity contribution in [1.29, 1.82) is 0 Å². The van der Waals surface area contributed by atoms with Crippen molar-refractivity contribution in [2.75, 3.05) is 5.01 Å². The van der Waals surface area contributed by atoms with Crippen molar-refractivity contribution < 1.29 is 4.79 Å². The van der Waals surface area contributed by atoms with Gasteiger partial charge in [-0.1, -0.05) is 29.3 Å². The smallest absolute Gasteiger partial charge is 0.292 e. The monoisotopic (exact) mass is 323 g/mol. The van der Waals surface area contributed by atoms with Crippen LogP contribution in [-0.4, -0.2) is 20.8 Å². The van der Waals surface area contributed by atoms with E-state index in [4.69, 9.17) is 29.6 Å². The third-order valence-corrected chi connectivity index (χ3v) is 3.18. The zero-order valence-corrected chi connectivity index (χ0v) is 13.1. The number of carbonyl (C=O) groups excluding carboxylic acids is 1. The predicted octanol–water partition coefficient (Wildman–Crippen LogP) is 1.78. The summed E-state index contributed by atoms with van der Waals surface area (Å²) in [4.78, 5) is 12.2. The Morgan fingerprint density at radius 1 is 1.43 bits per heavy atom. The number of benzene rings is 1. The second-order valence-corrected chi connectivity index (χ2v) is 5.27. The fraction of sp³-hybridized carbons (Fsp3) is 0.154. The highest BCUT2D eigenvalue weighted by Gasteiger charge is 2.19. The molecule has 0 aliphatic carbocycles. The molecule has 0 radical (unpaired) electrons. The lowest BCUT2D eigenvalue weighted by Gasteiger charge is -2.23. The molecule has 0 spiro atoms. The molecule has 1 heterocycles. The summed E-state index contributed by atoms with van der Waals surface area (Å²) in [6.45, 7) is 1.96. The van der Waals surface area contributed by atoms with Gasteiger partial charge in [-0.3, -0.25) is 14.9 Å². The summed E-state index contributed by atoms with van der Waals surface area (Å²) in [6.07, 6.45) is 1.54. The van der Waals surface area contributed by atoms with Crippen molar-refractivity contribution in [3.05, 3.63) is 46.7 Å². The van der Waals surface area contributed by atoms with E-state index in [1.54, 1.807) is 19.2 Å². The van der Waals surface area contributed by atoms with E-state index in [0.717, 1.165) is 5.56 Å². The Kier molecular flexibility index (Phi) is 4.44. The molecule has 0 fully saturated rings. The molecule has 3 N–H and O–H groups in total. The van der Waals surface area contributed by atoms with E-state index in [1.165, 1.54) is 15.9 Å². The number of carbonyl (C=O) groups is 1. The van der Waals surface area contributed by atoms with Crippen LogP contribution in [0.3, 0.4) is 0 Å². The van der Waals surface area contributed by atoms with Crippen molar-refractivity contribution >= 4 is 40.5 Å². The number of nitrogens with zero attached hydrogens (tertiary/aromatic N) is 3. The highest BCUT2D eigenvalue weighted by molar-refractivity contribution is 7.80. The number of hydrogen-bond donors (Lipinski definition) is 2. The van der Waals surface area contributed by atoms with E-state index < -0.39 is 5.91 Å². The molecule has 1 amide bonds. The molecule has 0 unspecified atom stereocenters. The van der Waals surface area contributed by atoms with Crippen LogP contribution < -0.4 is 16.2 Å². The molecule has 0 aliphatic heterocycles. The molecule has 0 atom stereocenters. The average molecular weight is 324 g/mol. The van der Waals surface area contributed by atoms with Gasteiger partial charge < -0.3 is 5.73 Å². The zero-order chi connectivity index (χ0) is 15.6. The molecule has 0 bridgehead atoms. The number of amides is 1. The van der Waals surface area contributed by atoms with Crippen LogP contribution >= 0.6 is 23.8 Å². The Balaban J connectivity index is 2.24. The number of halogens is 1. The first-order valence-corrected chi connectivity index (χ1v) is 6.83. The fourth-order valence-corrected chi connectivity index (χ4v) is 2.12. The minimum absolute atomic E-state index is 0.0132. The number of anilines is 1. The van der Waals surface area contributed by atoms with E-state index in [2.05, 4.69) is 10.5 Å². The van der Waals surface area contributed by atoms with Gasteiger partial charge in [-0.15, -0.1) is 0 Å². The zero-order valence-electron chi connectivity index (χ0n) is 11.5. The molecule has 0 saturated heterocycles. The lowest BCUT2D eigenvalue weighted by atomic mass is 10.2. The molecule has 21 heavy (non-hydrogen) atoms. The van der Waals surface area contributed by atoms with E-state index in [1.807, 2.05) is 19.1 Å². The van der Waals surface area contributed by atoms with E-state index in [-0.39, 0.29) is 15.8 Å². The number of nitrogens with two attached hydrogens (primary N) is 1. The number of hydrazine groups is 1. The van der Waals surface area contributed by atoms with Gasteiger partial charge in [0.05, 0.1) is 10.7 Å². The first-order valence-electron chi connectivity index (χ1n) is 6.05. The van der Waals surface area contributed by atoms with Crippen molar-refractivity contribution in [2.24, 2.45) is 12.8 Å². The van der Waals surface area contributed by atoms with Gasteiger partial charge in [0.1, 0.15) is 0 Å². The Hall–Kier alpha value is -2.12. The minimum Gasteiger partial charge on any atom is -0.374 e. The molecule has 8 heteroatoms. The first kappa shape index (κ1) is 15.3. The van der Waals surface area contributed by atoms with E-state index in [9.17, 15) is 4.79 Å². The maximum absolute atomic E-state index is 12.2. The molecular weight excluding hydrogens is 310 g/mol. The number of rotatable bonds is 2. The van der Waals surface area contributed by atoms with Crippen LogP contribution in [0.15, 0.2) is 30.5 Å². The van der Waals surface area contributed by atoms with E-state index in [0.29, 0.717) is 5.69 Å². The van der Waals surface area contributed by atoms with Gasteiger partial charge in [0.25, 0.3) is 5.91 Å². The highest BCUT2D eigenvalue weighted by atomic mass is 35.5. The number of aryl methyl sites for hydroxylation is 2. The van der Waals surface area contributed by atoms with Crippen LogP contribution in [0, 0.1) is 6.92 Å². The van der Waals surface area contributed by atoms with Gasteiger partial charge in [-0.25, -0.2) is 5.01 Å². The number of hydrogen-bond acceptors (Lipinski definition) is 3. The number of thiocarbonyl (C=S) groups is 1. The summed E-state index contributed by atoms with van der Waals surface area (Å²) in [5, 5.41) is 5.56. The Morgan fingerprint density at radius 2 is 2.05 bits per heavy atom. The second-order valence-electron chi connectivity index (χ2n) is 4.45. The van der Waals surface area contributed by atoms with Gasteiger partial charge in [-0.2, -0.15) is 5.10 Å². The van der Waals surface area contributed by atoms with Crippen LogP contribution in [0.4, 0.5) is 5.69 Å². The highest BCUT2D eigenvalue weighted by Crippen LogP contribution is 2.16. The molecule has 110 valence electrons. The van der Waals surface area contributed by atoms with Crippen molar-refractivity contribution in [1.82, 2.24) is 15.2 Å². The van der Waals surface area contributed by atoms with Gasteiger partial charge in [-0.05, 0) is 31.3 Å². The van der Waals surface area contributed by atoms with Crippen molar-refractivity contribution in [3.8, 4) is 0 Å². The van der Waals surface area contributed by atoms with Crippen LogP contribution in [0.25, 0.3) is 0 Å². The maximum atomic E-state index is 12.2. The summed E-state index contributed by atoms with van der Waals surface area (Å²) in [7, 11) is 1.67. The Labute approximate surface area is 132 Å². The molecule has 2 rings (SSSR count). The number of nitrogens with one attached hydrogen (secondary N) is 1. The Morgan fingerprint density at radius 3 is 2.52 bits per heavy atom. The largest absolute Gasteiger partial charge is 0.374 e. The lowest BCUT2D eigenvalue weighted by molar-refractivity contribution is 0.0949. The molecular formula is C13H14ClN5OS. The average Bonchev–Trinajstić information content (AvgIpc) is 2.76. The van der Waals surface area contributed by atoms with Crippen molar-refractivity contribution in [2.45, 2.75) is 6.92 Å². The van der Waals surface area contributed by atoms with Crippen LogP contribution in [-0.2, 0) is 7.05 Å². The van der Waals surface area contributed by atoms with Gasteiger partial charge >= 0.3 is 0 Å². The third kappa shape index (κ3) is 3.50. The topological polar surface area (TPSA) is 76.2 Å². The normalized spacial score (nSPS) is 10.2. The summed E-state index contributed by atoms with van der Waals surface area (Å²) < 4.78 is 1.45. The van der Waals surface area contributed by atoms with E-state index >= 15 is 0 Å². The second kappa shape index (κ2) is 6.11. The SMILES string of the molecule is Cc1ccc(N(NC(=O)c2nn(C)cc2Cl)C(N)=S)cc1.